The number of pyridine rings is 1. The van der Waals surface area contributed by atoms with E-state index >= 15 is 0 Å². The van der Waals surface area contributed by atoms with Gasteiger partial charge in [0.15, 0.2) is 0 Å². The Morgan fingerprint density at radius 3 is 2.60 bits per heavy atom. The zero-order valence-electron chi connectivity index (χ0n) is 14.3. The van der Waals surface area contributed by atoms with Gasteiger partial charge in [0.2, 0.25) is 5.88 Å². The number of hydrogen-bond donors (Lipinski definition) is 1. The molecular weight excluding hydrogens is 316 g/mol. The summed E-state index contributed by atoms with van der Waals surface area (Å²) < 4.78 is 16.8. The van der Waals surface area contributed by atoms with Crippen LogP contribution in [0.5, 0.6) is 17.4 Å². The fourth-order valence-electron chi connectivity index (χ4n) is 2.32. The summed E-state index contributed by atoms with van der Waals surface area (Å²) in [6, 6.07) is 15.3. The van der Waals surface area contributed by atoms with Gasteiger partial charge in [-0.2, -0.15) is 0 Å². The van der Waals surface area contributed by atoms with E-state index < -0.39 is 0 Å². The van der Waals surface area contributed by atoms with Crippen LogP contribution in [-0.2, 0) is 13.1 Å². The topological polar surface area (TPSA) is 56.5 Å². The number of furan rings is 1. The molecule has 3 aromatic rings. The summed E-state index contributed by atoms with van der Waals surface area (Å²) in [5.41, 5.74) is 0.986. The molecular formula is C20H22N2O3. The Kier molecular flexibility index (Phi) is 6.06. The van der Waals surface area contributed by atoms with E-state index in [-0.39, 0.29) is 0 Å². The van der Waals surface area contributed by atoms with Crippen molar-refractivity contribution in [3.63, 3.8) is 0 Å². The molecule has 0 radical (unpaired) electrons. The van der Waals surface area contributed by atoms with Crippen LogP contribution in [0.2, 0.25) is 0 Å². The van der Waals surface area contributed by atoms with Gasteiger partial charge in [-0.25, -0.2) is 4.98 Å². The summed E-state index contributed by atoms with van der Waals surface area (Å²) in [6.45, 7) is 4.10. The second-order valence-corrected chi connectivity index (χ2v) is 5.57. The van der Waals surface area contributed by atoms with Gasteiger partial charge in [-0.1, -0.05) is 13.0 Å². The van der Waals surface area contributed by atoms with Crippen molar-refractivity contribution in [2.45, 2.75) is 26.4 Å². The van der Waals surface area contributed by atoms with Gasteiger partial charge in [0.25, 0.3) is 0 Å². The molecule has 0 aliphatic rings. The predicted octanol–water partition coefficient (Wildman–Crippen LogP) is 4.55. The maximum absolute atomic E-state index is 5.93. The molecule has 0 aliphatic carbocycles. The molecule has 0 saturated heterocycles. The van der Waals surface area contributed by atoms with Gasteiger partial charge in [0, 0.05) is 18.3 Å². The molecule has 130 valence electrons. The minimum Gasteiger partial charge on any atom is -0.494 e. The molecule has 1 N–H and O–H groups in total. The van der Waals surface area contributed by atoms with Crippen LogP contribution in [0.1, 0.15) is 24.7 Å². The highest BCUT2D eigenvalue weighted by molar-refractivity contribution is 5.35. The van der Waals surface area contributed by atoms with E-state index in [1.165, 1.54) is 0 Å². The second kappa shape index (κ2) is 8.89. The van der Waals surface area contributed by atoms with Gasteiger partial charge >= 0.3 is 0 Å². The van der Waals surface area contributed by atoms with E-state index in [4.69, 9.17) is 13.9 Å². The lowest BCUT2D eigenvalue weighted by Crippen LogP contribution is -2.13. The summed E-state index contributed by atoms with van der Waals surface area (Å²) in [5, 5.41) is 3.33. The minimum atomic E-state index is 0.594. The van der Waals surface area contributed by atoms with Crippen molar-refractivity contribution < 1.29 is 13.9 Å². The summed E-state index contributed by atoms with van der Waals surface area (Å²) in [7, 11) is 0. The summed E-state index contributed by atoms with van der Waals surface area (Å²) >= 11 is 0. The summed E-state index contributed by atoms with van der Waals surface area (Å²) in [5.74, 6) is 3.07. The van der Waals surface area contributed by atoms with E-state index in [0.29, 0.717) is 25.6 Å². The van der Waals surface area contributed by atoms with E-state index in [9.17, 15) is 0 Å². The molecule has 0 saturated carbocycles. The smallest absolute Gasteiger partial charge is 0.223 e. The van der Waals surface area contributed by atoms with Crippen LogP contribution < -0.4 is 14.8 Å². The van der Waals surface area contributed by atoms with Gasteiger partial charge in [-0.15, -0.1) is 0 Å². The molecule has 0 spiro atoms. The number of rotatable bonds is 9. The highest BCUT2D eigenvalue weighted by atomic mass is 16.5. The molecule has 0 bridgehead atoms. The molecule has 0 amide bonds. The molecule has 5 nitrogen and oxygen atoms in total. The lowest BCUT2D eigenvalue weighted by Gasteiger charge is -2.11. The van der Waals surface area contributed by atoms with E-state index in [1.54, 1.807) is 12.5 Å². The third-order valence-electron chi connectivity index (χ3n) is 3.56. The van der Waals surface area contributed by atoms with Crippen molar-refractivity contribution in [3.05, 3.63) is 72.3 Å². The number of aromatic nitrogens is 1. The number of nitrogens with one attached hydrogen (secondary N) is 1. The minimum absolute atomic E-state index is 0.594. The number of benzene rings is 1. The quantitative estimate of drug-likeness (QED) is 0.620. The van der Waals surface area contributed by atoms with Crippen LogP contribution in [0.3, 0.4) is 0 Å². The Morgan fingerprint density at radius 1 is 1.00 bits per heavy atom. The molecule has 2 heterocycles. The van der Waals surface area contributed by atoms with Crippen LogP contribution in [0.25, 0.3) is 0 Å². The Hall–Kier alpha value is -2.79. The maximum Gasteiger partial charge on any atom is 0.223 e. The number of nitrogens with zero attached hydrogens (tertiary/aromatic N) is 1. The normalized spacial score (nSPS) is 10.6. The van der Waals surface area contributed by atoms with Gasteiger partial charge in [-0.05, 0) is 48.9 Å². The molecule has 5 heteroatoms. The largest absolute Gasteiger partial charge is 0.494 e. The Labute approximate surface area is 147 Å². The Balaban J connectivity index is 1.60. The van der Waals surface area contributed by atoms with Crippen molar-refractivity contribution >= 4 is 0 Å². The van der Waals surface area contributed by atoms with Crippen LogP contribution in [0.15, 0.2) is 65.4 Å². The van der Waals surface area contributed by atoms with Crippen molar-refractivity contribution in [1.29, 1.82) is 0 Å². The number of ether oxygens (including phenoxy) is 2. The standard InChI is InChI=1S/C20H22N2O3/c1-2-12-23-17-7-9-18(10-8-17)25-20-16(5-3-11-22-20)14-21-15-19-6-4-13-24-19/h3-11,13,21H,2,12,14-15H2,1H3. The van der Waals surface area contributed by atoms with Crippen LogP contribution in [0.4, 0.5) is 0 Å². The van der Waals surface area contributed by atoms with Crippen molar-refractivity contribution in [1.82, 2.24) is 10.3 Å². The molecule has 3 rings (SSSR count). The molecule has 0 aliphatic heterocycles. The molecule has 2 aromatic heterocycles. The van der Waals surface area contributed by atoms with Crippen LogP contribution in [0, 0.1) is 0 Å². The highest BCUT2D eigenvalue weighted by Crippen LogP contribution is 2.25. The first kappa shape index (κ1) is 17.0. The average Bonchev–Trinajstić information content (AvgIpc) is 3.16. The second-order valence-electron chi connectivity index (χ2n) is 5.57. The highest BCUT2D eigenvalue weighted by Gasteiger charge is 2.07. The monoisotopic (exact) mass is 338 g/mol. The molecule has 1 aromatic carbocycles. The molecule has 0 atom stereocenters. The molecule has 0 unspecified atom stereocenters. The van der Waals surface area contributed by atoms with Crippen molar-refractivity contribution in [2.75, 3.05) is 6.61 Å². The predicted molar refractivity (Wildman–Crippen MR) is 95.8 cm³/mol. The molecule has 25 heavy (non-hydrogen) atoms. The first-order valence-electron chi connectivity index (χ1n) is 8.43. The molecule has 0 fully saturated rings. The SMILES string of the molecule is CCCOc1ccc(Oc2ncccc2CNCc2ccco2)cc1. The fraction of sp³-hybridized carbons (Fsp3) is 0.250. The number of hydrogen-bond acceptors (Lipinski definition) is 5. The van der Waals surface area contributed by atoms with Gasteiger partial charge in [0.1, 0.15) is 17.3 Å². The zero-order valence-corrected chi connectivity index (χ0v) is 14.3. The van der Waals surface area contributed by atoms with E-state index in [1.807, 2.05) is 48.5 Å². The van der Waals surface area contributed by atoms with Gasteiger partial charge < -0.3 is 19.2 Å². The van der Waals surface area contributed by atoms with Gasteiger partial charge in [-0.3, -0.25) is 0 Å². The van der Waals surface area contributed by atoms with Crippen LogP contribution in [-0.4, -0.2) is 11.6 Å². The van der Waals surface area contributed by atoms with Crippen molar-refractivity contribution in [2.24, 2.45) is 0 Å². The Bertz CT molecular complexity index is 755. The fourth-order valence-corrected chi connectivity index (χ4v) is 2.32. The van der Waals surface area contributed by atoms with E-state index in [2.05, 4.69) is 17.2 Å². The lowest BCUT2D eigenvalue weighted by molar-refractivity contribution is 0.317. The summed E-state index contributed by atoms with van der Waals surface area (Å²) in [6.07, 6.45) is 4.38. The first-order chi connectivity index (χ1) is 12.3. The summed E-state index contributed by atoms with van der Waals surface area (Å²) in [4.78, 5) is 4.34. The van der Waals surface area contributed by atoms with Gasteiger partial charge in [0.05, 0.1) is 19.4 Å². The third-order valence-corrected chi connectivity index (χ3v) is 3.56. The average molecular weight is 338 g/mol. The Morgan fingerprint density at radius 2 is 1.84 bits per heavy atom. The lowest BCUT2D eigenvalue weighted by atomic mass is 10.2. The van der Waals surface area contributed by atoms with Crippen molar-refractivity contribution in [3.8, 4) is 17.4 Å². The van der Waals surface area contributed by atoms with E-state index in [0.717, 1.165) is 29.2 Å². The zero-order chi connectivity index (χ0) is 17.3. The van der Waals surface area contributed by atoms with Crippen LogP contribution >= 0.6 is 0 Å². The maximum atomic E-state index is 5.93. The first-order valence-corrected chi connectivity index (χ1v) is 8.43. The third kappa shape index (κ3) is 5.09.